The molecule has 0 radical (unpaired) electrons. The van der Waals surface area contributed by atoms with Crippen molar-refractivity contribution in [2.45, 2.75) is 30.5 Å². The van der Waals surface area contributed by atoms with E-state index in [0.717, 1.165) is 0 Å². The van der Waals surface area contributed by atoms with Gasteiger partial charge in [-0.15, -0.1) is 0 Å². The Kier molecular flexibility index (Phi) is 14.1. The zero-order valence-electron chi connectivity index (χ0n) is 8.57. The molecule has 0 aromatic heterocycles. The van der Waals surface area contributed by atoms with Crippen molar-refractivity contribution >= 4 is 46.7 Å². The average Bonchev–Trinajstić information content (AvgIpc) is 2.04. The molecule has 0 atom stereocenters. The summed E-state index contributed by atoms with van der Waals surface area (Å²) >= 11 is 14.2. The number of carboxylic acid groups (broad SMARTS) is 2. The zero-order valence-corrected chi connectivity index (χ0v) is 11.8. The summed E-state index contributed by atoms with van der Waals surface area (Å²) in [6.45, 7) is 3.70. The van der Waals surface area contributed by atoms with Gasteiger partial charge >= 0.3 is 16.5 Å². The van der Waals surface area contributed by atoms with Crippen molar-refractivity contribution in [2.75, 3.05) is 0 Å². The first-order valence-electron chi connectivity index (χ1n) is 4.15. The maximum absolute atomic E-state index is 10.1. The molecule has 0 fully saturated rings. The summed E-state index contributed by atoms with van der Waals surface area (Å²) < 4.78 is -2.28. The van der Waals surface area contributed by atoms with Crippen LogP contribution in [0, 0.1) is 5.92 Å². The maximum Gasteiger partial charge on any atom is 2.00 e. The Morgan fingerprint density at radius 1 is 1.12 bits per heavy atom. The van der Waals surface area contributed by atoms with Crippen LogP contribution in [0.2, 0.25) is 0 Å². The van der Waals surface area contributed by atoms with E-state index in [-0.39, 0.29) is 22.4 Å². The van der Waals surface area contributed by atoms with Crippen molar-refractivity contribution in [2.24, 2.45) is 5.92 Å². The predicted molar refractivity (Wildman–Crippen MR) is 54.4 cm³/mol. The molecule has 0 aliphatic carbocycles. The van der Waals surface area contributed by atoms with Crippen LogP contribution in [0.4, 0.5) is 0 Å². The minimum atomic E-state index is -2.28. The SMILES string of the molecule is CCC(CC)C(=O)[O-].O=C([O-])C(Cl)(Cl)Cl.[Ni+2]. The Balaban J connectivity index is -0.000000200. The van der Waals surface area contributed by atoms with Crippen molar-refractivity contribution in [3.63, 3.8) is 0 Å². The summed E-state index contributed by atoms with van der Waals surface area (Å²) in [5, 5.41) is 19.6. The third kappa shape index (κ3) is 12.4. The molecule has 0 saturated carbocycles. The van der Waals surface area contributed by atoms with Crippen LogP contribution in [0.5, 0.6) is 0 Å². The van der Waals surface area contributed by atoms with Gasteiger partial charge in [-0.05, 0) is 18.8 Å². The third-order valence-corrected chi connectivity index (χ3v) is 2.01. The summed E-state index contributed by atoms with van der Waals surface area (Å²) in [6.07, 6.45) is 1.36. The van der Waals surface area contributed by atoms with Crippen LogP contribution in [-0.2, 0) is 26.1 Å². The van der Waals surface area contributed by atoms with Gasteiger partial charge in [0.15, 0.2) is 0 Å². The number of halogens is 3. The first-order valence-corrected chi connectivity index (χ1v) is 5.29. The quantitative estimate of drug-likeness (QED) is 0.548. The molecule has 16 heavy (non-hydrogen) atoms. The number of hydrogen-bond donors (Lipinski definition) is 0. The maximum atomic E-state index is 10.1. The normalized spacial score (nSPS) is 9.88. The molecule has 0 spiro atoms. The van der Waals surface area contributed by atoms with Crippen LogP contribution < -0.4 is 10.2 Å². The number of carbonyl (C=O) groups is 2. The van der Waals surface area contributed by atoms with Gasteiger partial charge in [-0.2, -0.15) is 0 Å². The third-order valence-electron chi connectivity index (χ3n) is 1.55. The smallest absolute Gasteiger partial charge is 0.550 e. The number of alkyl halides is 3. The molecule has 0 N–H and O–H groups in total. The van der Waals surface area contributed by atoms with Crippen molar-refractivity contribution in [3.05, 3.63) is 0 Å². The minimum absolute atomic E-state index is 0. The largest absolute Gasteiger partial charge is 2.00 e. The number of rotatable bonds is 3. The number of carbonyl (C=O) groups excluding carboxylic acids is 2. The molecule has 0 aromatic rings. The molecule has 0 saturated heterocycles. The van der Waals surface area contributed by atoms with E-state index in [2.05, 4.69) is 0 Å². The summed E-state index contributed by atoms with van der Waals surface area (Å²) in [4.78, 5) is 19.6. The van der Waals surface area contributed by atoms with E-state index in [1.165, 1.54) is 0 Å². The predicted octanol–water partition coefficient (Wildman–Crippen LogP) is 0.276. The Labute approximate surface area is 119 Å². The van der Waals surface area contributed by atoms with E-state index in [9.17, 15) is 19.8 Å². The molecule has 98 valence electrons. The van der Waals surface area contributed by atoms with Crippen molar-refractivity contribution in [3.8, 4) is 0 Å². The Morgan fingerprint density at radius 3 is 1.38 bits per heavy atom. The first-order chi connectivity index (χ1) is 6.66. The molecule has 0 unspecified atom stereocenters. The fourth-order valence-corrected chi connectivity index (χ4v) is 0.622. The summed E-state index contributed by atoms with van der Waals surface area (Å²) in [6, 6.07) is 0. The van der Waals surface area contributed by atoms with Crippen molar-refractivity contribution < 1.29 is 36.3 Å². The van der Waals surface area contributed by atoms with Gasteiger partial charge in [-0.1, -0.05) is 48.7 Å². The van der Waals surface area contributed by atoms with Crippen molar-refractivity contribution in [1.29, 1.82) is 0 Å². The molecule has 0 amide bonds. The van der Waals surface area contributed by atoms with E-state index in [1.54, 1.807) is 0 Å². The van der Waals surface area contributed by atoms with Gasteiger partial charge in [0, 0.05) is 5.97 Å². The summed E-state index contributed by atoms with van der Waals surface area (Å²) in [7, 11) is 0. The molecule has 0 bridgehead atoms. The minimum Gasteiger partial charge on any atom is -0.550 e. The first kappa shape index (κ1) is 21.6. The Morgan fingerprint density at radius 2 is 1.38 bits per heavy atom. The van der Waals surface area contributed by atoms with E-state index >= 15 is 0 Å². The van der Waals surface area contributed by atoms with Crippen LogP contribution in [0.1, 0.15) is 26.7 Å². The van der Waals surface area contributed by atoms with E-state index in [1.807, 2.05) is 13.8 Å². The summed E-state index contributed by atoms with van der Waals surface area (Å²) in [5.74, 6) is -2.87. The van der Waals surface area contributed by atoms with Crippen LogP contribution in [-0.4, -0.2) is 15.7 Å². The fourth-order valence-electron chi connectivity index (χ4n) is 0.622. The topological polar surface area (TPSA) is 80.3 Å². The summed E-state index contributed by atoms with van der Waals surface area (Å²) in [5.41, 5.74) is 0. The van der Waals surface area contributed by atoms with Crippen molar-refractivity contribution in [1.82, 2.24) is 0 Å². The second kappa shape index (κ2) is 10.5. The van der Waals surface area contributed by atoms with Crippen LogP contribution in [0.25, 0.3) is 0 Å². The van der Waals surface area contributed by atoms with Crippen LogP contribution >= 0.6 is 34.8 Å². The van der Waals surface area contributed by atoms with E-state index < -0.39 is 15.7 Å². The Hall–Kier alpha value is 0.304. The standard InChI is InChI=1S/C6H12O2.C2HCl3O2.Ni/c1-3-5(4-2)6(7)8;3-2(4,5)1(6)7;/h5H,3-4H2,1-2H3,(H,7,8);(H,6,7);/q;;+2/p-2. The molecular weight excluding hydrogens is 325 g/mol. The molecule has 4 nitrogen and oxygen atoms in total. The van der Waals surface area contributed by atoms with Crippen LogP contribution in [0.15, 0.2) is 0 Å². The zero-order chi connectivity index (χ0) is 12.6. The van der Waals surface area contributed by atoms with E-state index in [4.69, 9.17) is 34.8 Å². The van der Waals surface area contributed by atoms with Crippen LogP contribution in [0.3, 0.4) is 0 Å². The number of hydrogen-bond acceptors (Lipinski definition) is 4. The second-order valence-corrected chi connectivity index (χ2v) is 4.90. The fraction of sp³-hybridized carbons (Fsp3) is 0.750. The number of carboxylic acids is 2. The molecule has 0 aliphatic rings. The molecule has 0 heterocycles. The van der Waals surface area contributed by atoms with Gasteiger partial charge in [0.1, 0.15) is 0 Å². The molecular formula is C8H11Cl3NiO4. The van der Waals surface area contributed by atoms with E-state index in [0.29, 0.717) is 12.8 Å². The Bertz CT molecular complexity index is 214. The monoisotopic (exact) mass is 334 g/mol. The molecule has 0 rings (SSSR count). The molecule has 0 aliphatic heterocycles. The number of aliphatic carboxylic acids is 2. The van der Waals surface area contributed by atoms with Gasteiger partial charge in [-0.3, -0.25) is 0 Å². The van der Waals surface area contributed by atoms with Gasteiger partial charge < -0.3 is 19.8 Å². The average molecular weight is 336 g/mol. The second-order valence-electron chi connectivity index (χ2n) is 2.62. The van der Waals surface area contributed by atoms with Gasteiger partial charge in [-0.25, -0.2) is 0 Å². The molecule has 0 aromatic carbocycles. The van der Waals surface area contributed by atoms with Gasteiger partial charge in [0.2, 0.25) is 3.79 Å². The molecule has 8 heteroatoms. The van der Waals surface area contributed by atoms with Gasteiger partial charge in [0.05, 0.1) is 5.97 Å². The van der Waals surface area contributed by atoms with Gasteiger partial charge in [0.25, 0.3) is 0 Å².